The number of benzene rings is 3. The maximum atomic E-state index is 10.6. The Bertz CT molecular complexity index is 933. The average Bonchev–Trinajstić information content (AvgIpc) is 2.71. The van der Waals surface area contributed by atoms with Crippen LogP contribution in [0.4, 0.5) is 0 Å². The molecule has 3 heteroatoms. The van der Waals surface area contributed by atoms with E-state index in [-0.39, 0.29) is 6.10 Å². The van der Waals surface area contributed by atoms with Crippen LogP contribution in [-0.4, -0.2) is 5.11 Å². The van der Waals surface area contributed by atoms with Crippen molar-refractivity contribution in [2.45, 2.75) is 33.2 Å². The molecule has 1 aliphatic heterocycles. The summed E-state index contributed by atoms with van der Waals surface area (Å²) < 4.78 is 12.7. The van der Waals surface area contributed by atoms with Crippen LogP contribution in [0.2, 0.25) is 0 Å². The van der Waals surface area contributed by atoms with Gasteiger partial charge in [0.15, 0.2) is 0 Å². The van der Waals surface area contributed by atoms with Crippen molar-refractivity contribution < 1.29 is 14.6 Å². The van der Waals surface area contributed by atoms with Crippen LogP contribution in [0.15, 0.2) is 60.7 Å². The first-order chi connectivity index (χ1) is 12.6. The lowest BCUT2D eigenvalue weighted by Gasteiger charge is -2.36. The highest BCUT2D eigenvalue weighted by molar-refractivity contribution is 5.60. The van der Waals surface area contributed by atoms with Gasteiger partial charge in [-0.3, -0.25) is 0 Å². The van der Waals surface area contributed by atoms with Gasteiger partial charge in [0.2, 0.25) is 6.29 Å². The normalized spacial score (nSPS) is 18.9. The molecule has 3 aromatic rings. The lowest BCUT2D eigenvalue weighted by molar-refractivity contribution is -0.132. The molecule has 1 aliphatic rings. The van der Waals surface area contributed by atoms with Gasteiger partial charge in [-0.2, -0.15) is 0 Å². The van der Waals surface area contributed by atoms with Crippen LogP contribution < -0.4 is 4.74 Å². The number of hydrogen-bond acceptors (Lipinski definition) is 3. The number of phenols is 1. The molecule has 2 atom stereocenters. The predicted octanol–water partition coefficient (Wildman–Crippen LogP) is 5.51. The number of rotatable bonds is 2. The van der Waals surface area contributed by atoms with Gasteiger partial charge in [-0.05, 0) is 37.5 Å². The van der Waals surface area contributed by atoms with Crippen molar-refractivity contribution >= 4 is 0 Å². The van der Waals surface area contributed by atoms with Gasteiger partial charge in [-0.15, -0.1) is 0 Å². The standard InChI is InChI=1S/C23H22O3/c1-14-15(2)21-19(16(3)20(14)24)22(17-10-6-4-7-11-17)26-23(25-21)18-12-8-5-9-13-18/h4-13,22-24H,1-3H3/t22-,23-/m1/s1. The highest BCUT2D eigenvalue weighted by Gasteiger charge is 2.35. The van der Waals surface area contributed by atoms with Gasteiger partial charge in [0.05, 0.1) is 0 Å². The Morgan fingerprint density at radius 2 is 1.31 bits per heavy atom. The van der Waals surface area contributed by atoms with Gasteiger partial charge in [0, 0.05) is 16.7 Å². The van der Waals surface area contributed by atoms with E-state index in [1.807, 2.05) is 81.4 Å². The van der Waals surface area contributed by atoms with Gasteiger partial charge >= 0.3 is 0 Å². The van der Waals surface area contributed by atoms with E-state index in [1.165, 1.54) is 0 Å². The molecule has 1 heterocycles. The molecule has 0 aliphatic carbocycles. The van der Waals surface area contributed by atoms with Crippen LogP contribution in [-0.2, 0) is 4.74 Å². The molecule has 26 heavy (non-hydrogen) atoms. The van der Waals surface area contributed by atoms with Crippen molar-refractivity contribution in [3.05, 3.63) is 94.0 Å². The molecule has 0 fully saturated rings. The topological polar surface area (TPSA) is 38.7 Å². The third-order valence-corrected chi connectivity index (χ3v) is 5.18. The maximum Gasteiger partial charge on any atom is 0.227 e. The molecule has 4 rings (SSSR count). The summed E-state index contributed by atoms with van der Waals surface area (Å²) in [4.78, 5) is 0. The number of phenolic OH excluding ortho intramolecular Hbond substituents is 1. The van der Waals surface area contributed by atoms with Crippen LogP contribution in [0, 0.1) is 20.8 Å². The van der Waals surface area contributed by atoms with Crippen molar-refractivity contribution in [2.75, 3.05) is 0 Å². The Balaban J connectivity index is 1.92. The van der Waals surface area contributed by atoms with E-state index in [4.69, 9.17) is 9.47 Å². The van der Waals surface area contributed by atoms with Crippen molar-refractivity contribution in [2.24, 2.45) is 0 Å². The van der Waals surface area contributed by atoms with Crippen LogP contribution in [0.1, 0.15) is 45.8 Å². The molecular formula is C23H22O3. The van der Waals surface area contributed by atoms with Gasteiger partial charge in [-0.25, -0.2) is 0 Å². The summed E-state index contributed by atoms with van der Waals surface area (Å²) in [5.41, 5.74) is 5.54. The van der Waals surface area contributed by atoms with E-state index < -0.39 is 6.29 Å². The van der Waals surface area contributed by atoms with E-state index in [0.29, 0.717) is 5.75 Å². The zero-order chi connectivity index (χ0) is 18.3. The van der Waals surface area contributed by atoms with Gasteiger partial charge < -0.3 is 14.6 Å². The zero-order valence-electron chi connectivity index (χ0n) is 15.2. The Morgan fingerprint density at radius 3 is 1.92 bits per heavy atom. The number of fused-ring (bicyclic) bond motifs is 1. The molecule has 1 N–H and O–H groups in total. The van der Waals surface area contributed by atoms with E-state index in [2.05, 4.69) is 0 Å². The second-order valence-electron chi connectivity index (χ2n) is 6.75. The number of aromatic hydroxyl groups is 1. The molecule has 3 nitrogen and oxygen atoms in total. The summed E-state index contributed by atoms with van der Waals surface area (Å²) in [5, 5.41) is 10.6. The van der Waals surface area contributed by atoms with Gasteiger partial charge in [0.25, 0.3) is 0 Å². The molecule has 0 aromatic heterocycles. The van der Waals surface area contributed by atoms with Crippen molar-refractivity contribution in [3.63, 3.8) is 0 Å². The summed E-state index contributed by atoms with van der Waals surface area (Å²) in [5.74, 6) is 1.12. The molecule has 132 valence electrons. The third kappa shape index (κ3) is 2.65. The van der Waals surface area contributed by atoms with E-state index in [0.717, 1.165) is 39.1 Å². The Hall–Kier alpha value is -2.78. The minimum absolute atomic E-state index is 0.296. The Morgan fingerprint density at radius 1 is 0.731 bits per heavy atom. The maximum absolute atomic E-state index is 10.6. The van der Waals surface area contributed by atoms with Gasteiger partial charge in [0.1, 0.15) is 17.6 Å². The molecule has 0 unspecified atom stereocenters. The largest absolute Gasteiger partial charge is 0.507 e. The SMILES string of the molecule is Cc1c(C)c2c(c(C)c1O)[C@@H](c1ccccc1)O[C@H](c1ccccc1)O2. The van der Waals surface area contributed by atoms with Crippen LogP contribution in [0.25, 0.3) is 0 Å². The number of ether oxygens (including phenoxy) is 2. The molecule has 0 bridgehead atoms. The molecule has 0 saturated carbocycles. The lowest BCUT2D eigenvalue weighted by atomic mass is 9.90. The fourth-order valence-corrected chi connectivity index (χ4v) is 3.55. The van der Waals surface area contributed by atoms with Crippen LogP contribution in [0.5, 0.6) is 11.5 Å². The summed E-state index contributed by atoms with van der Waals surface area (Å²) >= 11 is 0. The smallest absolute Gasteiger partial charge is 0.227 e. The van der Waals surface area contributed by atoms with E-state index in [9.17, 15) is 5.11 Å². The Labute approximate surface area is 153 Å². The first kappa shape index (κ1) is 16.7. The second-order valence-corrected chi connectivity index (χ2v) is 6.75. The minimum atomic E-state index is -0.490. The van der Waals surface area contributed by atoms with Crippen molar-refractivity contribution in [3.8, 4) is 11.5 Å². The molecular weight excluding hydrogens is 324 g/mol. The quantitative estimate of drug-likeness (QED) is 0.664. The fourth-order valence-electron chi connectivity index (χ4n) is 3.55. The summed E-state index contributed by atoms with van der Waals surface area (Å²) in [7, 11) is 0. The second kappa shape index (κ2) is 6.50. The average molecular weight is 346 g/mol. The van der Waals surface area contributed by atoms with Crippen molar-refractivity contribution in [1.29, 1.82) is 0 Å². The van der Waals surface area contributed by atoms with E-state index in [1.54, 1.807) is 0 Å². The van der Waals surface area contributed by atoms with Crippen LogP contribution in [0.3, 0.4) is 0 Å². The predicted molar refractivity (Wildman–Crippen MR) is 101 cm³/mol. The highest BCUT2D eigenvalue weighted by Crippen LogP contribution is 2.49. The molecule has 3 aromatic carbocycles. The summed E-state index contributed by atoms with van der Waals surface area (Å²) in [6.45, 7) is 5.83. The van der Waals surface area contributed by atoms with E-state index >= 15 is 0 Å². The summed E-state index contributed by atoms with van der Waals surface area (Å²) in [6, 6.07) is 20.0. The zero-order valence-corrected chi connectivity index (χ0v) is 15.2. The summed E-state index contributed by atoms with van der Waals surface area (Å²) in [6.07, 6.45) is -0.786. The minimum Gasteiger partial charge on any atom is -0.507 e. The highest BCUT2D eigenvalue weighted by atomic mass is 16.7. The lowest BCUT2D eigenvalue weighted by Crippen LogP contribution is -2.24. The first-order valence-corrected chi connectivity index (χ1v) is 8.82. The fraction of sp³-hybridized carbons (Fsp3) is 0.217. The molecule has 0 spiro atoms. The first-order valence-electron chi connectivity index (χ1n) is 8.82. The number of hydrogen-bond donors (Lipinski definition) is 1. The third-order valence-electron chi connectivity index (χ3n) is 5.18. The van der Waals surface area contributed by atoms with Gasteiger partial charge in [-0.1, -0.05) is 60.7 Å². The van der Waals surface area contributed by atoms with Crippen LogP contribution >= 0.6 is 0 Å². The molecule has 0 radical (unpaired) electrons. The molecule has 0 saturated heterocycles. The molecule has 0 amide bonds. The van der Waals surface area contributed by atoms with Crippen molar-refractivity contribution in [1.82, 2.24) is 0 Å². The monoisotopic (exact) mass is 346 g/mol. The Kier molecular flexibility index (Phi) is 4.17.